The average Bonchev–Trinajstić information content (AvgIpc) is 2.89. The lowest BCUT2D eigenvalue weighted by atomic mass is 10.1. The number of rotatable bonds is 5. The smallest absolute Gasteiger partial charge is 0.292 e. The third-order valence-electron chi connectivity index (χ3n) is 2.97. The number of nitro benzene ring substituents is 1. The van der Waals surface area contributed by atoms with Gasteiger partial charge < -0.3 is 20.0 Å². The summed E-state index contributed by atoms with van der Waals surface area (Å²) >= 11 is 0. The number of nitrogens with zero attached hydrogens (tertiary/aromatic N) is 1. The second kappa shape index (κ2) is 5.66. The van der Waals surface area contributed by atoms with Crippen molar-refractivity contribution in [3.05, 3.63) is 33.9 Å². The Balaban J connectivity index is 2.14. The fraction of sp³-hybridized carbons (Fsp3) is 0.417. The second-order valence-electron chi connectivity index (χ2n) is 4.29. The van der Waals surface area contributed by atoms with Crippen molar-refractivity contribution in [2.24, 2.45) is 0 Å². The Hall–Kier alpha value is -2.15. The van der Waals surface area contributed by atoms with Gasteiger partial charge in [-0.3, -0.25) is 10.1 Å². The van der Waals surface area contributed by atoms with Crippen LogP contribution in [-0.2, 0) is 4.74 Å². The number of aromatic carboxylic acids is 1. The van der Waals surface area contributed by atoms with E-state index < -0.39 is 10.9 Å². The summed E-state index contributed by atoms with van der Waals surface area (Å²) in [7, 11) is 0. The monoisotopic (exact) mass is 265 g/mol. The van der Waals surface area contributed by atoms with Gasteiger partial charge in [-0.2, -0.15) is 0 Å². The Bertz CT molecular complexity index is 497. The van der Waals surface area contributed by atoms with Crippen LogP contribution in [0.5, 0.6) is 0 Å². The first kappa shape index (κ1) is 13.3. The molecule has 0 spiro atoms. The lowest BCUT2D eigenvalue weighted by Crippen LogP contribution is -2.23. The highest BCUT2D eigenvalue weighted by Gasteiger charge is 2.19. The fourth-order valence-corrected chi connectivity index (χ4v) is 1.99. The summed E-state index contributed by atoms with van der Waals surface area (Å²) < 4.78 is 5.40. The number of carbonyl (C=O) groups is 1. The molecule has 0 unspecified atom stereocenters. The number of carboxylic acids is 1. The molecule has 7 nitrogen and oxygen atoms in total. The molecule has 0 aliphatic carbocycles. The van der Waals surface area contributed by atoms with Gasteiger partial charge in [-0.15, -0.1) is 0 Å². The summed E-state index contributed by atoms with van der Waals surface area (Å²) in [6.45, 7) is 1.17. The number of carboxylic acid groups (broad SMARTS) is 1. The molecule has 0 aromatic heterocycles. The van der Waals surface area contributed by atoms with Crippen LogP contribution in [0, 0.1) is 10.1 Å². The normalized spacial score (nSPS) is 18.2. The van der Waals surface area contributed by atoms with Crippen LogP contribution in [0.1, 0.15) is 23.2 Å². The van der Waals surface area contributed by atoms with E-state index in [1.54, 1.807) is 0 Å². The molecule has 102 valence electrons. The maximum absolute atomic E-state index is 10.9. The molecule has 1 saturated heterocycles. The molecule has 2 rings (SSSR count). The zero-order chi connectivity index (χ0) is 13.8. The summed E-state index contributed by atoms with van der Waals surface area (Å²) in [5.41, 5.74) is -0.209. The number of anilines is 1. The van der Waals surface area contributed by atoms with E-state index >= 15 is 0 Å². The van der Waals surface area contributed by atoms with E-state index in [2.05, 4.69) is 5.32 Å². The molecule has 0 bridgehead atoms. The highest BCUT2D eigenvalue weighted by Crippen LogP contribution is 2.26. The quantitative estimate of drug-likeness (QED) is 0.615. The Labute approximate surface area is 109 Å². The number of benzene rings is 1. The largest absolute Gasteiger partial charge is 0.545 e. The topological polar surface area (TPSA) is 105 Å². The van der Waals surface area contributed by atoms with E-state index in [0.717, 1.165) is 18.9 Å². The van der Waals surface area contributed by atoms with Gasteiger partial charge in [0.1, 0.15) is 5.69 Å². The van der Waals surface area contributed by atoms with E-state index in [0.29, 0.717) is 13.2 Å². The Morgan fingerprint density at radius 1 is 1.53 bits per heavy atom. The molecule has 1 aromatic rings. The van der Waals surface area contributed by atoms with Gasteiger partial charge in [0.05, 0.1) is 17.0 Å². The van der Waals surface area contributed by atoms with Crippen LogP contribution >= 0.6 is 0 Å². The number of nitrogens with one attached hydrogen (secondary N) is 1. The summed E-state index contributed by atoms with van der Waals surface area (Å²) in [5.74, 6) is -1.44. The standard InChI is InChI=1S/C12H14N2O5/c15-12(16)8-3-4-10(11(6-8)14(17)18)13-7-9-2-1-5-19-9/h3-4,6,9,13H,1-2,5,7H2,(H,15,16)/p-1/t9-/m1/s1. The fourth-order valence-electron chi connectivity index (χ4n) is 1.99. The van der Waals surface area contributed by atoms with Crippen molar-refractivity contribution in [1.82, 2.24) is 0 Å². The zero-order valence-electron chi connectivity index (χ0n) is 10.1. The van der Waals surface area contributed by atoms with Crippen molar-refractivity contribution < 1.29 is 19.6 Å². The summed E-state index contributed by atoms with van der Waals surface area (Å²) in [4.78, 5) is 21.0. The maximum atomic E-state index is 10.9. The summed E-state index contributed by atoms with van der Waals surface area (Å²) in [6, 6.07) is 3.64. The van der Waals surface area contributed by atoms with E-state index in [4.69, 9.17) is 4.74 Å². The molecule has 0 amide bonds. The van der Waals surface area contributed by atoms with Gasteiger partial charge in [0, 0.05) is 24.8 Å². The number of ether oxygens (including phenoxy) is 1. The van der Waals surface area contributed by atoms with Gasteiger partial charge in [0.2, 0.25) is 0 Å². The Kier molecular flexibility index (Phi) is 3.96. The molecule has 1 aliphatic heterocycles. The predicted octanol–water partition coefficient (Wildman–Crippen LogP) is 0.549. The first-order valence-electron chi connectivity index (χ1n) is 5.93. The summed E-state index contributed by atoms with van der Waals surface area (Å²) in [5, 5.41) is 24.5. The second-order valence-corrected chi connectivity index (χ2v) is 4.29. The van der Waals surface area contributed by atoms with Crippen LogP contribution in [-0.4, -0.2) is 30.1 Å². The van der Waals surface area contributed by atoms with Crippen LogP contribution < -0.4 is 10.4 Å². The van der Waals surface area contributed by atoms with E-state index in [-0.39, 0.29) is 23.0 Å². The number of hydrogen-bond donors (Lipinski definition) is 1. The van der Waals surface area contributed by atoms with E-state index in [1.165, 1.54) is 12.1 Å². The molecular weight excluding hydrogens is 252 g/mol. The summed E-state index contributed by atoms with van der Waals surface area (Å²) in [6.07, 6.45) is 1.94. The minimum atomic E-state index is -1.44. The van der Waals surface area contributed by atoms with Gasteiger partial charge in [-0.05, 0) is 18.9 Å². The van der Waals surface area contributed by atoms with Crippen LogP contribution in [0.25, 0.3) is 0 Å². The maximum Gasteiger partial charge on any atom is 0.292 e. The van der Waals surface area contributed by atoms with Crippen molar-refractivity contribution in [1.29, 1.82) is 0 Å². The Morgan fingerprint density at radius 2 is 2.32 bits per heavy atom. The Morgan fingerprint density at radius 3 is 2.89 bits per heavy atom. The molecule has 19 heavy (non-hydrogen) atoms. The highest BCUT2D eigenvalue weighted by atomic mass is 16.6. The van der Waals surface area contributed by atoms with Gasteiger partial charge in [-0.25, -0.2) is 0 Å². The zero-order valence-corrected chi connectivity index (χ0v) is 10.1. The van der Waals surface area contributed by atoms with Gasteiger partial charge >= 0.3 is 0 Å². The van der Waals surface area contributed by atoms with Crippen LogP contribution in [0.3, 0.4) is 0 Å². The SMILES string of the molecule is O=C([O-])c1ccc(NC[C@H]2CCCO2)c([N+](=O)[O-])c1. The molecule has 1 fully saturated rings. The lowest BCUT2D eigenvalue weighted by Gasteiger charge is -2.12. The minimum absolute atomic E-state index is 0.0421. The number of nitro groups is 1. The average molecular weight is 265 g/mol. The molecule has 1 aliphatic rings. The van der Waals surface area contributed by atoms with Crippen LogP contribution in [0.4, 0.5) is 11.4 Å². The van der Waals surface area contributed by atoms with Crippen LogP contribution in [0.2, 0.25) is 0 Å². The van der Waals surface area contributed by atoms with Gasteiger partial charge in [0.25, 0.3) is 5.69 Å². The molecule has 0 radical (unpaired) electrons. The molecule has 1 aromatic carbocycles. The lowest BCUT2D eigenvalue weighted by molar-refractivity contribution is -0.384. The van der Waals surface area contributed by atoms with E-state index in [9.17, 15) is 20.0 Å². The molecule has 0 saturated carbocycles. The first-order chi connectivity index (χ1) is 9.08. The third kappa shape index (κ3) is 3.19. The molecule has 1 atom stereocenters. The molecule has 7 heteroatoms. The third-order valence-corrected chi connectivity index (χ3v) is 2.97. The van der Waals surface area contributed by atoms with Crippen molar-refractivity contribution in [3.63, 3.8) is 0 Å². The molecule has 1 heterocycles. The molecular formula is C12H13N2O5-. The van der Waals surface area contributed by atoms with E-state index in [1.807, 2.05) is 0 Å². The van der Waals surface area contributed by atoms with Crippen molar-refractivity contribution in [3.8, 4) is 0 Å². The van der Waals surface area contributed by atoms with Crippen molar-refractivity contribution in [2.75, 3.05) is 18.5 Å². The van der Waals surface area contributed by atoms with Crippen molar-refractivity contribution >= 4 is 17.3 Å². The van der Waals surface area contributed by atoms with Crippen molar-refractivity contribution in [2.45, 2.75) is 18.9 Å². The minimum Gasteiger partial charge on any atom is -0.545 e. The van der Waals surface area contributed by atoms with Gasteiger partial charge in [-0.1, -0.05) is 6.07 Å². The highest BCUT2D eigenvalue weighted by molar-refractivity contribution is 5.88. The molecule has 1 N–H and O–H groups in total. The number of hydrogen-bond acceptors (Lipinski definition) is 6. The number of carbonyl (C=O) groups excluding carboxylic acids is 1. The van der Waals surface area contributed by atoms with Gasteiger partial charge in [0.15, 0.2) is 0 Å². The van der Waals surface area contributed by atoms with Crippen LogP contribution in [0.15, 0.2) is 18.2 Å². The predicted molar refractivity (Wildman–Crippen MR) is 64.9 cm³/mol. The first-order valence-corrected chi connectivity index (χ1v) is 5.93.